The van der Waals surface area contributed by atoms with Crippen molar-refractivity contribution in [2.45, 2.75) is 90.5 Å². The molecule has 36 heavy (non-hydrogen) atoms. The van der Waals surface area contributed by atoms with E-state index >= 15 is 0 Å². The molecule has 0 radical (unpaired) electrons. The van der Waals surface area contributed by atoms with Crippen LogP contribution in [0.1, 0.15) is 92.0 Å². The average molecular weight is 516 g/mol. The summed E-state index contributed by atoms with van der Waals surface area (Å²) in [7, 11) is 0. The van der Waals surface area contributed by atoms with Crippen LogP contribution in [-0.4, -0.2) is 37.4 Å². The molecule has 0 atom stereocenters. The van der Waals surface area contributed by atoms with Gasteiger partial charge in [0, 0.05) is 24.0 Å². The molecule has 0 bridgehead atoms. The largest absolute Gasteiger partial charge is 0.369 e. The predicted octanol–water partition coefficient (Wildman–Crippen LogP) is 5.29. The normalized spacial score (nSPS) is 10.8. The van der Waals surface area contributed by atoms with Crippen LogP contribution in [0.3, 0.4) is 0 Å². The van der Waals surface area contributed by atoms with E-state index in [0.29, 0.717) is 24.6 Å². The summed E-state index contributed by atoms with van der Waals surface area (Å²) in [6, 6.07) is 8.01. The van der Waals surface area contributed by atoms with Gasteiger partial charge >= 0.3 is 0 Å². The molecule has 198 valence electrons. The van der Waals surface area contributed by atoms with Crippen molar-refractivity contribution >= 4 is 24.3 Å². The highest BCUT2D eigenvalue weighted by Crippen LogP contribution is 2.12. The number of H-pyrrole nitrogens is 1. The van der Waals surface area contributed by atoms with Crippen molar-refractivity contribution in [2.24, 2.45) is 0 Å². The Bertz CT molecular complexity index is 1000. The number of amides is 1. The molecule has 3 rings (SSSR count). The quantitative estimate of drug-likeness (QED) is 0.211. The molecule has 0 aliphatic heterocycles. The topological polar surface area (TPSA) is 115 Å². The van der Waals surface area contributed by atoms with Crippen molar-refractivity contribution in [3.8, 4) is 0 Å². The highest BCUT2D eigenvalue weighted by molar-refractivity contribution is 5.94. The molecule has 8 nitrogen and oxygen atoms in total. The van der Waals surface area contributed by atoms with Gasteiger partial charge in [-0.25, -0.2) is 4.98 Å². The van der Waals surface area contributed by atoms with Crippen LogP contribution in [0.25, 0.3) is 0 Å². The zero-order chi connectivity index (χ0) is 24.7. The molecule has 3 aromatic rings. The number of rotatable bonds is 17. The molecule has 1 aromatic carbocycles. The van der Waals surface area contributed by atoms with Gasteiger partial charge in [-0.2, -0.15) is 0 Å². The van der Waals surface area contributed by atoms with Crippen LogP contribution in [0.2, 0.25) is 0 Å². The van der Waals surface area contributed by atoms with Crippen molar-refractivity contribution in [2.75, 3.05) is 12.3 Å². The number of benzene rings is 1. The van der Waals surface area contributed by atoms with Crippen LogP contribution < -0.4 is 11.1 Å². The Morgan fingerprint density at radius 2 is 1.67 bits per heavy atom. The van der Waals surface area contributed by atoms with E-state index in [1.165, 1.54) is 44.1 Å². The second-order valence-electron chi connectivity index (χ2n) is 9.30. The number of aryl methyl sites for hydroxylation is 3. The van der Waals surface area contributed by atoms with E-state index in [4.69, 9.17) is 5.73 Å². The highest BCUT2D eigenvalue weighted by atomic mass is 35.5. The molecule has 0 aliphatic rings. The van der Waals surface area contributed by atoms with Crippen LogP contribution in [0.4, 0.5) is 5.95 Å². The number of carbonyl (C=O) groups is 1. The number of aromatic amines is 1. The van der Waals surface area contributed by atoms with Gasteiger partial charge in [0.2, 0.25) is 0 Å². The first-order chi connectivity index (χ1) is 17.1. The summed E-state index contributed by atoms with van der Waals surface area (Å²) < 4.78 is 1.80. The third-order valence-electron chi connectivity index (χ3n) is 6.27. The van der Waals surface area contributed by atoms with E-state index in [-0.39, 0.29) is 18.3 Å². The molecule has 0 aliphatic carbocycles. The minimum Gasteiger partial charge on any atom is -0.369 e. The second kappa shape index (κ2) is 16.7. The Kier molecular flexibility index (Phi) is 13.7. The van der Waals surface area contributed by atoms with Gasteiger partial charge in [-0.3, -0.25) is 9.48 Å². The van der Waals surface area contributed by atoms with Gasteiger partial charge in [-0.1, -0.05) is 62.8 Å². The van der Waals surface area contributed by atoms with E-state index in [1.807, 2.05) is 18.3 Å². The van der Waals surface area contributed by atoms with E-state index in [1.54, 1.807) is 10.9 Å². The summed E-state index contributed by atoms with van der Waals surface area (Å²) in [5, 5.41) is 11.4. The van der Waals surface area contributed by atoms with E-state index in [9.17, 15) is 4.79 Å². The van der Waals surface area contributed by atoms with E-state index in [2.05, 4.69) is 44.7 Å². The van der Waals surface area contributed by atoms with Gasteiger partial charge < -0.3 is 16.0 Å². The first-order valence-corrected chi connectivity index (χ1v) is 13.2. The molecular weight excluding hydrogens is 474 g/mol. The van der Waals surface area contributed by atoms with Gasteiger partial charge in [-0.15, -0.1) is 17.5 Å². The molecule has 0 saturated carbocycles. The Balaban J connectivity index is 0.00000456. The fourth-order valence-electron chi connectivity index (χ4n) is 4.18. The summed E-state index contributed by atoms with van der Waals surface area (Å²) in [6.07, 6.45) is 17.8. The SMILES string of the molecule is CCCCCCCCc1ccc(C(=O)NCCn2cc(CCCCCc3cnc(N)[nH]3)nn2)cc1.Cl. The predicted molar refractivity (Wildman–Crippen MR) is 147 cm³/mol. The Morgan fingerprint density at radius 1 is 0.972 bits per heavy atom. The summed E-state index contributed by atoms with van der Waals surface area (Å²) in [6.45, 7) is 3.37. The fraction of sp³-hybridized carbons (Fsp3) is 0.556. The van der Waals surface area contributed by atoms with Gasteiger partial charge in [0.05, 0.1) is 18.4 Å². The second-order valence-corrected chi connectivity index (χ2v) is 9.30. The maximum Gasteiger partial charge on any atom is 0.251 e. The van der Waals surface area contributed by atoms with Gasteiger partial charge in [0.1, 0.15) is 0 Å². The molecule has 0 fully saturated rings. The Hall–Kier alpha value is -2.87. The van der Waals surface area contributed by atoms with Crippen molar-refractivity contribution < 1.29 is 4.79 Å². The number of hydrogen-bond acceptors (Lipinski definition) is 5. The zero-order valence-corrected chi connectivity index (χ0v) is 22.4. The lowest BCUT2D eigenvalue weighted by Gasteiger charge is -2.07. The number of nitrogens with one attached hydrogen (secondary N) is 2. The van der Waals surface area contributed by atoms with Crippen LogP contribution in [0.15, 0.2) is 36.7 Å². The molecule has 1 amide bonds. The number of anilines is 1. The van der Waals surface area contributed by atoms with Crippen molar-refractivity contribution in [1.29, 1.82) is 0 Å². The monoisotopic (exact) mass is 515 g/mol. The molecule has 0 saturated heterocycles. The van der Waals surface area contributed by atoms with Gasteiger partial charge in [-0.05, 0) is 56.2 Å². The summed E-state index contributed by atoms with van der Waals surface area (Å²) in [4.78, 5) is 19.5. The van der Waals surface area contributed by atoms with Crippen molar-refractivity contribution in [1.82, 2.24) is 30.3 Å². The number of imidazole rings is 1. The minimum absolute atomic E-state index is 0. The molecule has 4 N–H and O–H groups in total. The Labute approximate surface area is 221 Å². The van der Waals surface area contributed by atoms with Crippen LogP contribution in [0, 0.1) is 0 Å². The first kappa shape index (κ1) is 29.4. The molecule has 0 unspecified atom stereocenters. The maximum atomic E-state index is 12.4. The van der Waals surface area contributed by atoms with Crippen LogP contribution >= 0.6 is 12.4 Å². The minimum atomic E-state index is -0.0459. The number of halogens is 1. The number of unbranched alkanes of at least 4 members (excludes halogenated alkanes) is 7. The maximum absolute atomic E-state index is 12.4. The van der Waals surface area contributed by atoms with Gasteiger partial charge in [0.25, 0.3) is 5.91 Å². The average Bonchev–Trinajstić information content (AvgIpc) is 3.50. The van der Waals surface area contributed by atoms with Crippen molar-refractivity contribution in [3.05, 3.63) is 59.2 Å². The van der Waals surface area contributed by atoms with Crippen LogP contribution in [0.5, 0.6) is 0 Å². The summed E-state index contributed by atoms with van der Waals surface area (Å²) in [5.41, 5.74) is 9.67. The Morgan fingerprint density at radius 3 is 2.42 bits per heavy atom. The van der Waals surface area contributed by atoms with E-state index < -0.39 is 0 Å². The molecular formula is C27H42ClN7O. The van der Waals surface area contributed by atoms with E-state index in [0.717, 1.165) is 49.9 Å². The molecule has 2 aromatic heterocycles. The summed E-state index contributed by atoms with van der Waals surface area (Å²) in [5.74, 6) is 0.431. The smallest absolute Gasteiger partial charge is 0.251 e. The zero-order valence-electron chi connectivity index (χ0n) is 21.5. The molecule has 9 heteroatoms. The summed E-state index contributed by atoms with van der Waals surface area (Å²) >= 11 is 0. The lowest BCUT2D eigenvalue weighted by molar-refractivity contribution is 0.0952. The molecule has 2 heterocycles. The number of nitrogen functional groups attached to an aromatic ring is 1. The first-order valence-electron chi connectivity index (χ1n) is 13.2. The molecule has 0 spiro atoms. The van der Waals surface area contributed by atoms with Gasteiger partial charge in [0.15, 0.2) is 5.95 Å². The highest BCUT2D eigenvalue weighted by Gasteiger charge is 2.06. The number of nitrogens with zero attached hydrogens (tertiary/aromatic N) is 4. The van der Waals surface area contributed by atoms with Crippen LogP contribution in [-0.2, 0) is 25.8 Å². The lowest BCUT2D eigenvalue weighted by Crippen LogP contribution is -2.27. The number of carbonyl (C=O) groups excluding carboxylic acids is 1. The lowest BCUT2D eigenvalue weighted by atomic mass is 10.0. The fourth-order valence-corrected chi connectivity index (χ4v) is 4.18. The number of hydrogen-bond donors (Lipinski definition) is 3. The van der Waals surface area contributed by atoms with Crippen molar-refractivity contribution in [3.63, 3.8) is 0 Å². The standard InChI is InChI=1S/C27H41N7O.ClH/c1-2-3-4-5-6-8-11-22-14-16-23(17-15-22)26(35)29-18-19-34-21-25(32-33-34)13-10-7-9-12-24-20-30-27(28)31-24;/h14-17,20-21H,2-13,18-19H2,1H3,(H,29,35)(H3,28,30,31);1H. The number of nitrogens with two attached hydrogens (primary N) is 1. The number of aromatic nitrogens is 5. The third-order valence-corrected chi connectivity index (χ3v) is 6.27. The third kappa shape index (κ3) is 10.8.